The number of carbonyl (C=O) groups excluding carboxylic acids is 1. The molecule has 0 bridgehead atoms. The second-order valence-electron chi connectivity index (χ2n) is 3.17. The molecule has 0 aliphatic carbocycles. The quantitative estimate of drug-likeness (QED) is 0.372. The number of nitrogens with one attached hydrogen (secondary N) is 2. The molecule has 0 spiro atoms. The van der Waals surface area contributed by atoms with Gasteiger partial charge in [-0.3, -0.25) is 10.2 Å². The Labute approximate surface area is 82.7 Å². The van der Waals surface area contributed by atoms with Crippen LogP contribution in [0.25, 0.3) is 0 Å². The molecule has 1 rings (SSSR count). The van der Waals surface area contributed by atoms with E-state index >= 15 is 0 Å². The molecule has 5 heteroatoms. The summed E-state index contributed by atoms with van der Waals surface area (Å²) in [5, 5.41) is 3.06. The van der Waals surface area contributed by atoms with E-state index in [0.717, 1.165) is 0 Å². The van der Waals surface area contributed by atoms with E-state index in [9.17, 15) is 4.79 Å². The van der Waals surface area contributed by atoms with Crippen molar-refractivity contribution in [3.8, 4) is 0 Å². The Morgan fingerprint density at radius 2 is 2.29 bits per heavy atom. The Morgan fingerprint density at radius 3 is 2.86 bits per heavy atom. The van der Waals surface area contributed by atoms with Gasteiger partial charge in [0.05, 0.1) is 5.56 Å². The largest absolute Gasteiger partial charge is 0.367 e. The molecule has 1 heterocycles. The molecule has 1 aromatic rings. The van der Waals surface area contributed by atoms with Crippen LogP contribution in [0.2, 0.25) is 0 Å². The lowest BCUT2D eigenvalue weighted by molar-refractivity contribution is 0.0954. The molecular weight excluding hydrogens is 180 g/mol. The highest BCUT2D eigenvalue weighted by atomic mass is 16.2. The molecule has 0 unspecified atom stereocenters. The minimum atomic E-state index is -0.346. The first-order valence-corrected chi connectivity index (χ1v) is 4.37. The number of rotatable bonds is 3. The van der Waals surface area contributed by atoms with E-state index in [1.807, 2.05) is 13.8 Å². The average Bonchev–Trinajstić information content (AvgIpc) is 2.16. The third-order valence-corrected chi connectivity index (χ3v) is 1.61. The van der Waals surface area contributed by atoms with Gasteiger partial charge in [-0.25, -0.2) is 10.8 Å². The van der Waals surface area contributed by atoms with Gasteiger partial charge in [0.15, 0.2) is 0 Å². The summed E-state index contributed by atoms with van der Waals surface area (Å²) in [5.74, 6) is 5.25. The van der Waals surface area contributed by atoms with Crippen LogP contribution in [0.15, 0.2) is 18.3 Å². The fourth-order valence-corrected chi connectivity index (χ4v) is 1.05. The lowest BCUT2D eigenvalue weighted by Gasteiger charge is -2.11. The number of hydrogen-bond donors (Lipinski definition) is 3. The first kappa shape index (κ1) is 10.5. The highest BCUT2D eigenvalue weighted by Crippen LogP contribution is 2.11. The normalized spacial score (nSPS) is 10.0. The number of anilines is 1. The maximum Gasteiger partial charge on any atom is 0.268 e. The fourth-order valence-electron chi connectivity index (χ4n) is 1.05. The van der Waals surface area contributed by atoms with E-state index in [4.69, 9.17) is 5.84 Å². The molecule has 1 amide bonds. The monoisotopic (exact) mass is 194 g/mol. The summed E-state index contributed by atoms with van der Waals surface area (Å²) in [6.45, 7) is 3.94. The van der Waals surface area contributed by atoms with Gasteiger partial charge in [-0.05, 0) is 26.0 Å². The third-order valence-electron chi connectivity index (χ3n) is 1.61. The van der Waals surface area contributed by atoms with Gasteiger partial charge in [0.25, 0.3) is 5.91 Å². The zero-order valence-electron chi connectivity index (χ0n) is 8.24. The van der Waals surface area contributed by atoms with Crippen molar-refractivity contribution < 1.29 is 4.79 Å². The molecule has 0 saturated heterocycles. The van der Waals surface area contributed by atoms with Crippen molar-refractivity contribution in [2.24, 2.45) is 5.84 Å². The van der Waals surface area contributed by atoms with Crippen LogP contribution in [0.4, 0.5) is 5.82 Å². The van der Waals surface area contributed by atoms with Gasteiger partial charge < -0.3 is 5.32 Å². The highest BCUT2D eigenvalue weighted by Gasteiger charge is 2.10. The van der Waals surface area contributed by atoms with Gasteiger partial charge in [-0.2, -0.15) is 0 Å². The number of hydrazine groups is 1. The number of pyridine rings is 1. The highest BCUT2D eigenvalue weighted by molar-refractivity contribution is 5.98. The zero-order valence-corrected chi connectivity index (χ0v) is 8.24. The molecule has 0 aliphatic rings. The molecular formula is C9H14N4O. The van der Waals surface area contributed by atoms with Gasteiger partial charge >= 0.3 is 0 Å². The molecule has 0 aromatic carbocycles. The van der Waals surface area contributed by atoms with Crippen molar-refractivity contribution in [3.63, 3.8) is 0 Å². The van der Waals surface area contributed by atoms with Crippen LogP contribution in [0.5, 0.6) is 0 Å². The van der Waals surface area contributed by atoms with E-state index in [0.29, 0.717) is 11.4 Å². The predicted molar refractivity (Wildman–Crippen MR) is 54.6 cm³/mol. The third kappa shape index (κ3) is 2.43. The lowest BCUT2D eigenvalue weighted by atomic mass is 10.2. The lowest BCUT2D eigenvalue weighted by Crippen LogP contribution is -2.31. The predicted octanol–water partition coefficient (Wildman–Crippen LogP) is 0.505. The van der Waals surface area contributed by atoms with E-state index in [1.54, 1.807) is 18.3 Å². The number of nitrogen functional groups attached to an aromatic ring is 1. The molecule has 0 atom stereocenters. The molecule has 0 fully saturated rings. The van der Waals surface area contributed by atoms with E-state index in [-0.39, 0.29) is 11.9 Å². The first-order valence-electron chi connectivity index (χ1n) is 4.37. The van der Waals surface area contributed by atoms with Crippen LogP contribution in [-0.4, -0.2) is 16.9 Å². The smallest absolute Gasteiger partial charge is 0.268 e. The van der Waals surface area contributed by atoms with Crippen LogP contribution < -0.4 is 16.6 Å². The molecule has 4 N–H and O–H groups in total. The van der Waals surface area contributed by atoms with Crippen LogP contribution in [0.1, 0.15) is 24.2 Å². The molecule has 5 nitrogen and oxygen atoms in total. The van der Waals surface area contributed by atoms with Crippen molar-refractivity contribution in [2.75, 3.05) is 5.32 Å². The Balaban J connectivity index is 2.97. The van der Waals surface area contributed by atoms with Gasteiger partial charge in [-0.15, -0.1) is 0 Å². The van der Waals surface area contributed by atoms with Crippen LogP contribution in [0.3, 0.4) is 0 Å². The molecule has 14 heavy (non-hydrogen) atoms. The molecule has 76 valence electrons. The Bertz CT molecular complexity index is 324. The Morgan fingerprint density at radius 1 is 1.57 bits per heavy atom. The maximum absolute atomic E-state index is 11.3. The Kier molecular flexibility index (Phi) is 3.41. The van der Waals surface area contributed by atoms with Crippen molar-refractivity contribution in [2.45, 2.75) is 19.9 Å². The second kappa shape index (κ2) is 4.57. The maximum atomic E-state index is 11.3. The number of carbonyl (C=O) groups is 1. The summed E-state index contributed by atoms with van der Waals surface area (Å²) in [7, 11) is 0. The number of amides is 1. The van der Waals surface area contributed by atoms with Gasteiger partial charge in [0.2, 0.25) is 0 Å². The summed E-state index contributed by atoms with van der Waals surface area (Å²) in [5.41, 5.74) is 2.52. The topological polar surface area (TPSA) is 80.0 Å². The zero-order chi connectivity index (χ0) is 10.6. The summed E-state index contributed by atoms with van der Waals surface area (Å²) >= 11 is 0. The number of nitrogens with two attached hydrogens (primary N) is 1. The van der Waals surface area contributed by atoms with E-state index < -0.39 is 0 Å². The van der Waals surface area contributed by atoms with Crippen molar-refractivity contribution in [1.82, 2.24) is 10.4 Å². The van der Waals surface area contributed by atoms with Crippen molar-refractivity contribution >= 4 is 11.7 Å². The standard InChI is InChI=1S/C9H14N4O/c1-6(2)12-8-7(9(14)13-10)4-3-5-11-8/h3-6H,10H2,1-2H3,(H,11,12)(H,13,14). The molecule has 0 saturated carbocycles. The number of nitrogens with zero attached hydrogens (tertiary/aromatic N) is 1. The summed E-state index contributed by atoms with van der Waals surface area (Å²) in [4.78, 5) is 15.4. The van der Waals surface area contributed by atoms with Crippen LogP contribution in [-0.2, 0) is 0 Å². The van der Waals surface area contributed by atoms with Gasteiger partial charge in [0.1, 0.15) is 5.82 Å². The van der Waals surface area contributed by atoms with Crippen molar-refractivity contribution in [1.29, 1.82) is 0 Å². The molecule has 1 aromatic heterocycles. The summed E-state index contributed by atoms with van der Waals surface area (Å²) < 4.78 is 0. The van der Waals surface area contributed by atoms with Crippen molar-refractivity contribution in [3.05, 3.63) is 23.9 Å². The van der Waals surface area contributed by atoms with E-state index in [1.165, 1.54) is 0 Å². The van der Waals surface area contributed by atoms with Crippen LogP contribution in [0, 0.1) is 0 Å². The molecule has 0 aliphatic heterocycles. The fraction of sp³-hybridized carbons (Fsp3) is 0.333. The SMILES string of the molecule is CC(C)Nc1ncccc1C(=O)NN. The number of hydrogen-bond acceptors (Lipinski definition) is 4. The summed E-state index contributed by atoms with van der Waals surface area (Å²) in [6, 6.07) is 3.57. The van der Waals surface area contributed by atoms with E-state index in [2.05, 4.69) is 15.7 Å². The second-order valence-corrected chi connectivity index (χ2v) is 3.17. The van der Waals surface area contributed by atoms with Crippen LogP contribution >= 0.6 is 0 Å². The minimum Gasteiger partial charge on any atom is -0.367 e. The number of aromatic nitrogens is 1. The Hall–Kier alpha value is -1.62. The summed E-state index contributed by atoms with van der Waals surface area (Å²) in [6.07, 6.45) is 1.62. The first-order chi connectivity index (χ1) is 6.65. The minimum absolute atomic E-state index is 0.217. The van der Waals surface area contributed by atoms with Gasteiger partial charge in [0, 0.05) is 12.2 Å². The van der Waals surface area contributed by atoms with Gasteiger partial charge in [-0.1, -0.05) is 0 Å². The molecule has 0 radical (unpaired) electrons. The average molecular weight is 194 g/mol.